The molecule has 2 aromatic rings. The number of aryl methyl sites for hydroxylation is 2. The van der Waals surface area contributed by atoms with E-state index in [9.17, 15) is 10.2 Å². The molecule has 0 saturated heterocycles. The number of aromatic hydroxyl groups is 2. The van der Waals surface area contributed by atoms with Gasteiger partial charge in [-0.15, -0.1) is 8.58 Å². The van der Waals surface area contributed by atoms with Crippen LogP contribution in [0.25, 0.3) is 0 Å². The fourth-order valence-corrected chi connectivity index (χ4v) is 7.12. The molecule has 0 radical (unpaired) electrons. The van der Waals surface area contributed by atoms with Crippen molar-refractivity contribution >= 4 is 8.58 Å². The van der Waals surface area contributed by atoms with Gasteiger partial charge in [-0.1, -0.05) is 109 Å². The minimum atomic E-state index is -0.146. The second-order valence-electron chi connectivity index (χ2n) is 12.3. The maximum absolute atomic E-state index is 11.5. The van der Waals surface area contributed by atoms with Gasteiger partial charge in [0.25, 0.3) is 0 Å². The molecule has 2 nitrogen and oxygen atoms in total. The minimum Gasteiger partial charge on any atom is -0.507 e. The van der Waals surface area contributed by atoms with Crippen molar-refractivity contribution in [2.24, 2.45) is 5.92 Å². The van der Waals surface area contributed by atoms with Crippen molar-refractivity contribution in [2.75, 3.05) is 6.16 Å². The summed E-state index contributed by atoms with van der Waals surface area (Å²) in [4.78, 5) is 0. The molecule has 1 fully saturated rings. The molecular formula is C30H45O2P. The third kappa shape index (κ3) is 6.13. The zero-order valence-corrected chi connectivity index (χ0v) is 23.1. The molecule has 0 aliphatic heterocycles. The van der Waals surface area contributed by atoms with Crippen molar-refractivity contribution in [1.29, 1.82) is 0 Å². The lowest BCUT2D eigenvalue weighted by Crippen LogP contribution is -2.15. The molecule has 1 saturated carbocycles. The first kappa shape index (κ1) is 26.1. The van der Waals surface area contributed by atoms with Crippen LogP contribution in [-0.4, -0.2) is 16.4 Å². The van der Waals surface area contributed by atoms with E-state index < -0.39 is 0 Å². The summed E-state index contributed by atoms with van der Waals surface area (Å²) < 4.78 is 0. The Kier molecular flexibility index (Phi) is 7.89. The molecule has 3 heteroatoms. The quantitative estimate of drug-likeness (QED) is 0.431. The van der Waals surface area contributed by atoms with Crippen LogP contribution in [-0.2, 0) is 10.8 Å². The summed E-state index contributed by atoms with van der Waals surface area (Å²) in [5.74, 6) is 1.59. The highest BCUT2D eigenvalue weighted by atomic mass is 31.1. The van der Waals surface area contributed by atoms with Gasteiger partial charge in [0, 0.05) is 16.8 Å². The minimum absolute atomic E-state index is 0.00827. The van der Waals surface area contributed by atoms with Gasteiger partial charge in [-0.2, -0.15) is 0 Å². The Balaban J connectivity index is 2.16. The summed E-state index contributed by atoms with van der Waals surface area (Å²) in [6, 6.07) is 8.55. The molecule has 0 amide bonds. The lowest BCUT2D eigenvalue weighted by Gasteiger charge is -2.30. The van der Waals surface area contributed by atoms with Crippen LogP contribution in [0.2, 0.25) is 0 Å². The Hall–Kier alpha value is -1.53. The third-order valence-corrected chi connectivity index (χ3v) is 8.98. The van der Waals surface area contributed by atoms with Gasteiger partial charge in [-0.25, -0.2) is 0 Å². The number of rotatable bonds is 5. The van der Waals surface area contributed by atoms with Crippen molar-refractivity contribution in [3.8, 4) is 11.5 Å². The van der Waals surface area contributed by atoms with E-state index in [1.54, 1.807) is 0 Å². The fourth-order valence-electron chi connectivity index (χ4n) is 5.26. The van der Waals surface area contributed by atoms with Crippen molar-refractivity contribution in [2.45, 2.75) is 104 Å². The van der Waals surface area contributed by atoms with E-state index in [2.05, 4.69) is 79.7 Å². The molecule has 0 bridgehead atoms. The topological polar surface area (TPSA) is 40.5 Å². The molecule has 1 aliphatic carbocycles. The molecular weight excluding hydrogens is 423 g/mol. The Morgan fingerprint density at radius 3 is 1.58 bits per heavy atom. The van der Waals surface area contributed by atoms with Gasteiger partial charge in [0.2, 0.25) is 0 Å². The molecule has 2 aromatic carbocycles. The van der Waals surface area contributed by atoms with Crippen LogP contribution in [0.5, 0.6) is 11.5 Å². The lowest BCUT2D eigenvalue weighted by molar-refractivity contribution is 0.389. The second-order valence-corrected chi connectivity index (χ2v) is 13.7. The van der Waals surface area contributed by atoms with Crippen LogP contribution in [0.3, 0.4) is 0 Å². The lowest BCUT2D eigenvalue weighted by atomic mass is 9.81. The van der Waals surface area contributed by atoms with E-state index in [1.807, 2.05) is 0 Å². The maximum atomic E-state index is 11.5. The summed E-state index contributed by atoms with van der Waals surface area (Å²) >= 11 is 0. The van der Waals surface area contributed by atoms with E-state index in [0.29, 0.717) is 20.1 Å². The van der Waals surface area contributed by atoms with Crippen LogP contribution >= 0.6 is 8.58 Å². The van der Waals surface area contributed by atoms with E-state index in [0.717, 1.165) is 28.2 Å². The van der Waals surface area contributed by atoms with Crippen molar-refractivity contribution < 1.29 is 10.2 Å². The monoisotopic (exact) mass is 468 g/mol. The van der Waals surface area contributed by atoms with Gasteiger partial charge in [-0.3, -0.25) is 0 Å². The summed E-state index contributed by atoms with van der Waals surface area (Å²) in [6.45, 7) is 17.2. The van der Waals surface area contributed by atoms with Crippen LogP contribution in [0.4, 0.5) is 0 Å². The SMILES string of the molecule is Cc1cc(C(PCC2CCCCC2)c2cc(C)cc(C(C)(C)C)c2O)c(O)c(C(C)(C)C)c1. The van der Waals surface area contributed by atoms with Crippen LogP contribution in [0.1, 0.15) is 113 Å². The predicted molar refractivity (Wildman–Crippen MR) is 145 cm³/mol. The number of phenolic OH excluding ortho intramolecular Hbond substituents is 2. The Labute approximate surface area is 204 Å². The predicted octanol–water partition coefficient (Wildman–Crippen LogP) is 8.66. The molecule has 1 unspecified atom stereocenters. The van der Waals surface area contributed by atoms with E-state index in [4.69, 9.17) is 0 Å². The molecule has 0 spiro atoms. The summed E-state index contributed by atoms with van der Waals surface area (Å²) in [6.07, 6.45) is 7.85. The Morgan fingerprint density at radius 1 is 0.758 bits per heavy atom. The number of phenols is 2. The molecule has 1 atom stereocenters. The molecule has 0 aromatic heterocycles. The summed E-state index contributed by atoms with van der Waals surface area (Å²) in [7, 11) is 0.634. The summed E-state index contributed by atoms with van der Waals surface area (Å²) in [5.41, 5.74) is 6.01. The number of benzene rings is 2. The van der Waals surface area contributed by atoms with Gasteiger partial charge >= 0.3 is 0 Å². The third-order valence-electron chi connectivity index (χ3n) is 7.14. The first-order valence-corrected chi connectivity index (χ1v) is 14.0. The molecule has 3 rings (SSSR count). The highest BCUT2D eigenvalue weighted by Crippen LogP contribution is 2.52. The zero-order valence-electron chi connectivity index (χ0n) is 22.1. The van der Waals surface area contributed by atoms with Crippen molar-refractivity contribution in [3.63, 3.8) is 0 Å². The molecule has 1 aliphatic rings. The van der Waals surface area contributed by atoms with E-state index in [-0.39, 0.29) is 16.5 Å². The highest BCUT2D eigenvalue weighted by molar-refractivity contribution is 7.38. The number of hydrogen-bond donors (Lipinski definition) is 2. The fraction of sp³-hybridized carbons (Fsp3) is 0.600. The van der Waals surface area contributed by atoms with Crippen LogP contribution < -0.4 is 0 Å². The first-order chi connectivity index (χ1) is 15.3. The first-order valence-electron chi connectivity index (χ1n) is 12.7. The van der Waals surface area contributed by atoms with Gasteiger partial charge in [0.05, 0.1) is 0 Å². The molecule has 33 heavy (non-hydrogen) atoms. The molecule has 182 valence electrons. The molecule has 2 N–H and O–H groups in total. The van der Waals surface area contributed by atoms with Crippen LogP contribution in [0, 0.1) is 19.8 Å². The standard InChI is InChI=1S/C30H45O2P/c1-19-14-22(26(31)24(16-19)29(3,4)5)28(33-18-21-12-10-9-11-13-21)23-15-20(2)17-25(27(23)32)30(6,7)8/h14-17,21,28,31-33H,9-13,18H2,1-8H3. The smallest absolute Gasteiger partial charge is 0.123 e. The van der Waals surface area contributed by atoms with E-state index >= 15 is 0 Å². The average molecular weight is 469 g/mol. The number of hydrogen-bond acceptors (Lipinski definition) is 2. The maximum Gasteiger partial charge on any atom is 0.123 e. The van der Waals surface area contributed by atoms with E-state index in [1.165, 1.54) is 49.4 Å². The van der Waals surface area contributed by atoms with Gasteiger partial charge in [0.1, 0.15) is 11.5 Å². The average Bonchev–Trinajstić information content (AvgIpc) is 2.71. The van der Waals surface area contributed by atoms with Crippen LogP contribution in [0.15, 0.2) is 24.3 Å². The largest absolute Gasteiger partial charge is 0.507 e. The van der Waals surface area contributed by atoms with Crippen molar-refractivity contribution in [3.05, 3.63) is 57.6 Å². The normalized spacial score (nSPS) is 16.3. The van der Waals surface area contributed by atoms with Gasteiger partial charge in [-0.05, 0) is 47.9 Å². The van der Waals surface area contributed by atoms with Gasteiger partial charge in [0.15, 0.2) is 0 Å². The second kappa shape index (κ2) is 9.99. The van der Waals surface area contributed by atoms with Gasteiger partial charge < -0.3 is 10.2 Å². The zero-order chi connectivity index (χ0) is 24.6. The Morgan fingerprint density at radius 2 is 1.18 bits per heavy atom. The Bertz CT molecular complexity index is 903. The van der Waals surface area contributed by atoms with Crippen molar-refractivity contribution in [1.82, 2.24) is 0 Å². The highest BCUT2D eigenvalue weighted by Gasteiger charge is 2.30. The molecule has 0 heterocycles. The summed E-state index contributed by atoms with van der Waals surface area (Å²) in [5, 5.41) is 23.1.